The summed E-state index contributed by atoms with van der Waals surface area (Å²) in [5.41, 5.74) is 8.72. The van der Waals surface area contributed by atoms with Crippen molar-refractivity contribution in [1.29, 1.82) is 0 Å². The summed E-state index contributed by atoms with van der Waals surface area (Å²) in [5, 5.41) is 10.1. The Morgan fingerprint density at radius 2 is 2.10 bits per heavy atom. The van der Waals surface area contributed by atoms with Gasteiger partial charge in [0.1, 0.15) is 24.4 Å². The van der Waals surface area contributed by atoms with Crippen molar-refractivity contribution in [3.05, 3.63) is 24.5 Å². The van der Waals surface area contributed by atoms with Crippen molar-refractivity contribution in [3.8, 4) is 11.3 Å². The average molecular weight is 520 g/mol. The largest absolute Gasteiger partial charge is 0.383 e. The van der Waals surface area contributed by atoms with E-state index < -0.39 is 0 Å². The Morgan fingerprint density at radius 1 is 1.27 bits per heavy atom. The Kier molecular flexibility index (Phi) is 4.86. The zero-order chi connectivity index (χ0) is 20.7. The lowest BCUT2D eigenvalue weighted by atomic mass is 10.1. The molecule has 1 aliphatic heterocycles. The third-order valence-corrected chi connectivity index (χ3v) is 5.55. The molecular weight excluding hydrogens is 503 g/mol. The summed E-state index contributed by atoms with van der Waals surface area (Å²) < 4.78 is 15.2. The van der Waals surface area contributed by atoms with Crippen LogP contribution >= 0.6 is 22.9 Å². The number of nitrogens with zero attached hydrogens (tertiary/aromatic N) is 6. The van der Waals surface area contributed by atoms with Gasteiger partial charge in [-0.1, -0.05) is 5.16 Å². The van der Waals surface area contributed by atoms with Gasteiger partial charge in [0.15, 0.2) is 17.0 Å². The van der Waals surface area contributed by atoms with E-state index in [0.717, 1.165) is 10.9 Å². The second kappa shape index (κ2) is 7.68. The number of aromatic nitrogens is 5. The fourth-order valence-electron chi connectivity index (χ4n) is 3.54. The summed E-state index contributed by atoms with van der Waals surface area (Å²) >= 11 is 2.00. The highest BCUT2D eigenvalue weighted by molar-refractivity contribution is 14.1. The molecule has 0 saturated carbocycles. The molecule has 1 saturated heterocycles. The minimum absolute atomic E-state index is 0.0441. The van der Waals surface area contributed by atoms with Gasteiger partial charge in [-0.05, 0) is 18.2 Å². The summed E-state index contributed by atoms with van der Waals surface area (Å²) in [5.74, 6) is 0.873. The first-order valence-electron chi connectivity index (χ1n) is 9.24. The van der Waals surface area contributed by atoms with E-state index in [1.165, 1.54) is 6.33 Å². The fraction of sp³-hybridized carbons (Fsp3) is 0.278. The molecule has 1 aliphatic rings. The zero-order valence-corrected chi connectivity index (χ0v) is 17.9. The molecule has 3 N–H and O–H groups in total. The molecule has 0 aliphatic carbocycles. The van der Waals surface area contributed by atoms with Crippen LogP contribution in [0, 0.1) is 0 Å². The van der Waals surface area contributed by atoms with Gasteiger partial charge in [0.25, 0.3) is 0 Å². The number of benzene rings is 1. The van der Waals surface area contributed by atoms with Crippen LogP contribution in [0.15, 0.2) is 29.0 Å². The predicted octanol–water partition coefficient (Wildman–Crippen LogP) is 1.84. The van der Waals surface area contributed by atoms with Gasteiger partial charge in [-0.15, -0.1) is 0 Å². The highest BCUT2D eigenvalue weighted by Gasteiger charge is 2.22. The third kappa shape index (κ3) is 3.21. The van der Waals surface area contributed by atoms with Crippen LogP contribution in [-0.2, 0) is 16.1 Å². The van der Waals surface area contributed by atoms with Crippen LogP contribution in [0.5, 0.6) is 0 Å². The van der Waals surface area contributed by atoms with E-state index in [1.807, 2.05) is 41.1 Å². The maximum absolute atomic E-state index is 12.8. The molecule has 12 heteroatoms. The number of morpholine rings is 1. The van der Waals surface area contributed by atoms with Gasteiger partial charge < -0.3 is 23.4 Å². The first kappa shape index (κ1) is 19.0. The van der Waals surface area contributed by atoms with Crippen molar-refractivity contribution in [1.82, 2.24) is 29.8 Å². The van der Waals surface area contributed by atoms with E-state index in [2.05, 4.69) is 23.8 Å². The molecule has 4 heterocycles. The van der Waals surface area contributed by atoms with Crippen molar-refractivity contribution in [2.75, 3.05) is 35.6 Å². The second-order valence-electron chi connectivity index (χ2n) is 6.79. The predicted molar refractivity (Wildman–Crippen MR) is 118 cm³/mol. The number of halogens is 1. The average Bonchev–Trinajstić information content (AvgIpc) is 3.36. The Labute approximate surface area is 184 Å². The Hall–Kier alpha value is -3.00. The molecule has 30 heavy (non-hydrogen) atoms. The summed E-state index contributed by atoms with van der Waals surface area (Å²) in [7, 11) is 0. The number of amides is 1. The van der Waals surface area contributed by atoms with Gasteiger partial charge in [0, 0.05) is 18.7 Å². The number of hydrogen-bond donors (Lipinski definition) is 2. The van der Waals surface area contributed by atoms with E-state index >= 15 is 0 Å². The number of nitrogens with one attached hydrogen (secondary N) is 1. The van der Waals surface area contributed by atoms with Gasteiger partial charge in [-0.3, -0.25) is 4.79 Å². The lowest BCUT2D eigenvalue weighted by Crippen LogP contribution is -2.42. The fourth-order valence-corrected chi connectivity index (χ4v) is 3.93. The molecule has 0 radical (unpaired) electrons. The SMILES string of the molecule is Nc1ncnc2c1c(-c1ccc3onc(NI)c3c1)nn2CC(=O)N1CCOCC1. The Morgan fingerprint density at radius 3 is 2.90 bits per heavy atom. The number of carbonyl (C=O) groups excluding carboxylic acids is 1. The molecule has 1 aromatic carbocycles. The van der Waals surface area contributed by atoms with Crippen molar-refractivity contribution < 1.29 is 14.1 Å². The quantitative estimate of drug-likeness (QED) is 0.305. The molecule has 3 aromatic heterocycles. The molecule has 4 aromatic rings. The van der Waals surface area contributed by atoms with E-state index in [0.29, 0.717) is 60.2 Å². The smallest absolute Gasteiger partial charge is 0.244 e. The maximum atomic E-state index is 12.8. The summed E-state index contributed by atoms with van der Waals surface area (Å²) in [6.07, 6.45) is 1.38. The van der Waals surface area contributed by atoms with Crippen molar-refractivity contribution in [2.45, 2.75) is 6.54 Å². The highest BCUT2D eigenvalue weighted by atomic mass is 127. The number of nitrogen functional groups attached to an aromatic ring is 1. The number of ether oxygens (including phenoxy) is 1. The molecular formula is C18H17IN8O3. The zero-order valence-electron chi connectivity index (χ0n) is 15.7. The highest BCUT2D eigenvalue weighted by Crippen LogP contribution is 2.34. The number of rotatable bonds is 4. The first-order valence-corrected chi connectivity index (χ1v) is 10.3. The van der Waals surface area contributed by atoms with E-state index in [4.69, 9.17) is 15.0 Å². The lowest BCUT2D eigenvalue weighted by Gasteiger charge is -2.26. The van der Waals surface area contributed by atoms with Crippen LogP contribution in [0.3, 0.4) is 0 Å². The van der Waals surface area contributed by atoms with E-state index in [-0.39, 0.29) is 12.5 Å². The van der Waals surface area contributed by atoms with Crippen LogP contribution in [-0.4, -0.2) is 62.0 Å². The van der Waals surface area contributed by atoms with Crippen molar-refractivity contribution >= 4 is 62.4 Å². The van der Waals surface area contributed by atoms with Gasteiger partial charge in [0.05, 0.1) is 46.9 Å². The number of anilines is 2. The molecule has 0 bridgehead atoms. The summed E-state index contributed by atoms with van der Waals surface area (Å²) in [4.78, 5) is 23.0. The molecule has 11 nitrogen and oxygen atoms in total. The number of carbonyl (C=O) groups is 1. The van der Waals surface area contributed by atoms with E-state index in [1.54, 1.807) is 9.58 Å². The van der Waals surface area contributed by atoms with Crippen LogP contribution < -0.4 is 9.26 Å². The van der Waals surface area contributed by atoms with Crippen LogP contribution in [0.1, 0.15) is 0 Å². The Bertz CT molecular complexity index is 1250. The van der Waals surface area contributed by atoms with Crippen LogP contribution in [0.25, 0.3) is 33.3 Å². The summed E-state index contributed by atoms with van der Waals surface area (Å²) in [6.45, 7) is 2.27. The maximum Gasteiger partial charge on any atom is 0.244 e. The monoisotopic (exact) mass is 520 g/mol. The molecule has 1 amide bonds. The summed E-state index contributed by atoms with van der Waals surface area (Å²) in [6, 6.07) is 5.60. The standard InChI is InChI=1S/C18H17IN8O3/c19-23-17-11-7-10(1-2-12(11)30-25-17)15-14-16(20)21-9-22-18(14)27(24-15)8-13(28)26-3-5-29-6-4-26/h1-2,7,9H,3-6,8H2,(H,23,25)(H2,20,21,22). The Balaban J connectivity index is 1.60. The van der Waals surface area contributed by atoms with Crippen LogP contribution in [0.4, 0.5) is 11.6 Å². The first-order chi connectivity index (χ1) is 14.7. The number of fused-ring (bicyclic) bond motifs is 2. The third-order valence-electron chi connectivity index (χ3n) is 5.04. The molecule has 0 unspecified atom stereocenters. The minimum atomic E-state index is -0.0441. The van der Waals surface area contributed by atoms with Crippen LogP contribution in [0.2, 0.25) is 0 Å². The second-order valence-corrected chi connectivity index (χ2v) is 7.33. The number of hydrogen-bond acceptors (Lipinski definition) is 9. The van der Waals surface area contributed by atoms with Gasteiger partial charge in [-0.2, -0.15) is 5.10 Å². The van der Waals surface area contributed by atoms with Gasteiger partial charge >= 0.3 is 0 Å². The molecule has 154 valence electrons. The van der Waals surface area contributed by atoms with E-state index in [9.17, 15) is 4.79 Å². The van der Waals surface area contributed by atoms with Gasteiger partial charge in [0.2, 0.25) is 5.91 Å². The molecule has 0 spiro atoms. The molecule has 1 fully saturated rings. The molecule has 0 atom stereocenters. The van der Waals surface area contributed by atoms with Crippen molar-refractivity contribution in [2.24, 2.45) is 0 Å². The minimum Gasteiger partial charge on any atom is -0.383 e. The lowest BCUT2D eigenvalue weighted by molar-refractivity contribution is -0.136. The number of nitrogens with two attached hydrogens (primary N) is 1. The molecule has 5 rings (SSSR count). The van der Waals surface area contributed by atoms with Crippen molar-refractivity contribution in [3.63, 3.8) is 0 Å². The topological polar surface area (TPSA) is 137 Å². The van der Waals surface area contributed by atoms with Gasteiger partial charge in [-0.25, -0.2) is 14.6 Å². The normalized spacial score (nSPS) is 14.5.